The molecule has 0 spiro atoms. The molecule has 1 aliphatic rings. The van der Waals surface area contributed by atoms with Gasteiger partial charge in [0.05, 0.1) is 24.9 Å². The highest BCUT2D eigenvalue weighted by molar-refractivity contribution is 5.82. The number of nitrogens with one attached hydrogen (secondary N) is 1. The summed E-state index contributed by atoms with van der Waals surface area (Å²) in [6.45, 7) is 13.5. The van der Waals surface area contributed by atoms with Crippen molar-refractivity contribution in [3.63, 3.8) is 0 Å². The van der Waals surface area contributed by atoms with Gasteiger partial charge in [-0.25, -0.2) is 23.4 Å². The van der Waals surface area contributed by atoms with E-state index in [1.165, 1.54) is 35.9 Å². The smallest absolute Gasteiger partial charge is 0.407 e. The van der Waals surface area contributed by atoms with E-state index >= 15 is 0 Å². The predicted molar refractivity (Wildman–Crippen MR) is 148 cm³/mol. The molecule has 0 saturated carbocycles. The standard InChI is InChI=1S/C29H31F2N5O4/c1-29(2,3)40-28(38)33-19-11-13-36(14-12-19)27-34-25(18-7-9-22(32-4)20(30)16-18)24(26(37)35(27)5)17-8-10-23(39-6)21(31)15-17/h7-10,15-16,19H,11-14H2,1-3,5-6H3,(H,33,38). The Kier molecular flexibility index (Phi) is 8.09. The molecule has 4 rings (SSSR count). The van der Waals surface area contributed by atoms with Gasteiger partial charge in [-0.3, -0.25) is 9.36 Å². The van der Waals surface area contributed by atoms with Crippen LogP contribution in [-0.4, -0.2) is 47.5 Å². The fourth-order valence-electron chi connectivity index (χ4n) is 4.61. The average Bonchev–Trinajstić information content (AvgIpc) is 2.89. The van der Waals surface area contributed by atoms with Crippen LogP contribution in [0.3, 0.4) is 0 Å². The summed E-state index contributed by atoms with van der Waals surface area (Å²) >= 11 is 0. The maximum atomic E-state index is 14.7. The minimum absolute atomic E-state index is 0.0158. The fraction of sp³-hybridized carbons (Fsp3) is 0.379. The Morgan fingerprint density at radius 1 is 1.10 bits per heavy atom. The van der Waals surface area contributed by atoms with Crippen LogP contribution in [0.4, 0.5) is 25.2 Å². The molecule has 1 N–H and O–H groups in total. The lowest BCUT2D eigenvalue weighted by Gasteiger charge is -2.34. The van der Waals surface area contributed by atoms with E-state index < -0.39 is 28.9 Å². The van der Waals surface area contributed by atoms with Gasteiger partial charge in [0.25, 0.3) is 5.56 Å². The van der Waals surface area contributed by atoms with Crippen LogP contribution in [-0.2, 0) is 11.8 Å². The number of aromatic nitrogens is 2. The second kappa shape index (κ2) is 11.3. The van der Waals surface area contributed by atoms with Gasteiger partial charge >= 0.3 is 6.09 Å². The first-order valence-electron chi connectivity index (χ1n) is 12.8. The number of benzene rings is 2. The van der Waals surface area contributed by atoms with Crippen molar-refractivity contribution < 1.29 is 23.0 Å². The van der Waals surface area contributed by atoms with E-state index in [-0.39, 0.29) is 39.9 Å². The molecule has 1 aromatic heterocycles. The summed E-state index contributed by atoms with van der Waals surface area (Å²) in [5, 5.41) is 2.88. The third-order valence-corrected chi connectivity index (χ3v) is 6.55. The molecule has 0 bridgehead atoms. The zero-order valence-corrected chi connectivity index (χ0v) is 23.0. The molecular weight excluding hydrogens is 520 g/mol. The number of carbonyl (C=O) groups excluding carboxylic acids is 1. The maximum Gasteiger partial charge on any atom is 0.407 e. The van der Waals surface area contributed by atoms with Crippen molar-refractivity contribution >= 4 is 17.7 Å². The minimum atomic E-state index is -0.752. The Balaban J connectivity index is 1.73. The summed E-state index contributed by atoms with van der Waals surface area (Å²) in [6.07, 6.45) is 0.689. The second-order valence-electron chi connectivity index (χ2n) is 10.5. The first kappa shape index (κ1) is 28.5. The molecule has 0 atom stereocenters. The number of anilines is 1. The van der Waals surface area contributed by atoms with Crippen molar-refractivity contribution in [3.8, 4) is 28.1 Å². The number of amides is 1. The highest BCUT2D eigenvalue weighted by Crippen LogP contribution is 2.34. The third kappa shape index (κ3) is 6.06. The van der Waals surface area contributed by atoms with Crippen molar-refractivity contribution in [3.05, 3.63) is 69.8 Å². The van der Waals surface area contributed by atoms with Crippen LogP contribution in [0.25, 0.3) is 27.2 Å². The van der Waals surface area contributed by atoms with Crippen LogP contribution in [0.2, 0.25) is 0 Å². The van der Waals surface area contributed by atoms with E-state index in [9.17, 15) is 18.4 Å². The van der Waals surface area contributed by atoms with Crippen molar-refractivity contribution in [1.29, 1.82) is 0 Å². The molecule has 9 nitrogen and oxygen atoms in total. The lowest BCUT2D eigenvalue weighted by Crippen LogP contribution is -2.47. The van der Waals surface area contributed by atoms with Gasteiger partial charge in [0.1, 0.15) is 11.4 Å². The largest absolute Gasteiger partial charge is 0.494 e. The monoisotopic (exact) mass is 551 g/mol. The van der Waals surface area contributed by atoms with E-state index in [0.29, 0.717) is 31.9 Å². The summed E-state index contributed by atoms with van der Waals surface area (Å²) in [5.41, 5.74) is -0.446. The molecule has 1 saturated heterocycles. The van der Waals surface area contributed by atoms with Gasteiger partial charge in [0.2, 0.25) is 11.6 Å². The molecule has 11 heteroatoms. The van der Waals surface area contributed by atoms with Gasteiger partial charge in [0.15, 0.2) is 11.6 Å². The Bertz CT molecular complexity index is 1530. The number of hydrogen-bond acceptors (Lipinski definition) is 6. The number of piperidine rings is 1. The quantitative estimate of drug-likeness (QED) is 0.425. The van der Waals surface area contributed by atoms with Gasteiger partial charge < -0.3 is 19.7 Å². The molecule has 40 heavy (non-hydrogen) atoms. The number of carbonyl (C=O) groups is 1. The molecular formula is C29H31F2N5O4. The fourth-order valence-corrected chi connectivity index (χ4v) is 4.61. The molecule has 1 aliphatic heterocycles. The summed E-state index contributed by atoms with van der Waals surface area (Å²) in [4.78, 5) is 35.8. The van der Waals surface area contributed by atoms with Crippen LogP contribution < -0.4 is 20.5 Å². The van der Waals surface area contributed by atoms with Gasteiger partial charge in [0, 0.05) is 31.7 Å². The Morgan fingerprint density at radius 3 is 2.33 bits per heavy atom. The van der Waals surface area contributed by atoms with E-state index in [2.05, 4.69) is 10.2 Å². The van der Waals surface area contributed by atoms with Crippen LogP contribution in [0, 0.1) is 18.2 Å². The molecule has 3 aromatic rings. The number of nitrogens with zero attached hydrogens (tertiary/aromatic N) is 4. The lowest BCUT2D eigenvalue weighted by molar-refractivity contribution is 0.0497. The van der Waals surface area contributed by atoms with E-state index in [0.717, 1.165) is 6.07 Å². The Hall–Kier alpha value is -4.46. The molecule has 210 valence electrons. The van der Waals surface area contributed by atoms with Crippen molar-refractivity contribution in [2.45, 2.75) is 45.3 Å². The normalized spacial score (nSPS) is 14.0. The Labute approximate surface area is 231 Å². The van der Waals surface area contributed by atoms with E-state index in [1.54, 1.807) is 33.9 Å². The lowest BCUT2D eigenvalue weighted by atomic mass is 9.99. The molecule has 0 radical (unpaired) electrons. The summed E-state index contributed by atoms with van der Waals surface area (Å²) in [5.74, 6) is -1.05. The van der Waals surface area contributed by atoms with Crippen molar-refractivity contribution in [2.24, 2.45) is 7.05 Å². The number of methoxy groups -OCH3 is 1. The number of ether oxygens (including phenoxy) is 2. The topological polar surface area (TPSA) is 90.1 Å². The highest BCUT2D eigenvalue weighted by atomic mass is 19.1. The zero-order valence-electron chi connectivity index (χ0n) is 23.0. The van der Waals surface area contributed by atoms with Crippen molar-refractivity contribution in [2.75, 3.05) is 25.1 Å². The minimum Gasteiger partial charge on any atom is -0.494 e. The predicted octanol–water partition coefficient (Wildman–Crippen LogP) is 5.45. The summed E-state index contributed by atoms with van der Waals surface area (Å²) in [6, 6.07) is 8.01. The highest BCUT2D eigenvalue weighted by Gasteiger charge is 2.27. The molecule has 0 unspecified atom stereocenters. The first-order valence-corrected chi connectivity index (χ1v) is 12.8. The SMILES string of the molecule is [C-]#[N+]c1ccc(-c2nc(N3CCC(NC(=O)OC(C)(C)C)CC3)n(C)c(=O)c2-c2ccc(OC)c(F)c2)cc1F. The third-order valence-electron chi connectivity index (χ3n) is 6.55. The number of alkyl carbamates (subject to hydrolysis) is 1. The van der Waals surface area contributed by atoms with Gasteiger partial charge in [-0.1, -0.05) is 18.2 Å². The molecule has 1 fully saturated rings. The van der Waals surface area contributed by atoms with Gasteiger partial charge in [-0.05, 0) is 57.4 Å². The van der Waals surface area contributed by atoms with Crippen LogP contribution in [0.15, 0.2) is 41.2 Å². The zero-order chi connectivity index (χ0) is 29.2. The molecule has 2 heterocycles. The Morgan fingerprint density at radius 2 is 1.75 bits per heavy atom. The van der Waals surface area contributed by atoms with Crippen molar-refractivity contribution in [1.82, 2.24) is 14.9 Å². The summed E-state index contributed by atoms with van der Waals surface area (Å²) in [7, 11) is 2.91. The second-order valence-corrected chi connectivity index (χ2v) is 10.5. The van der Waals surface area contributed by atoms with Crippen LogP contribution in [0.5, 0.6) is 5.75 Å². The maximum absolute atomic E-state index is 14.7. The number of halogens is 2. The molecule has 2 aromatic carbocycles. The first-order chi connectivity index (χ1) is 18.9. The van der Waals surface area contributed by atoms with Crippen LogP contribution in [0.1, 0.15) is 33.6 Å². The molecule has 1 amide bonds. The average molecular weight is 552 g/mol. The van der Waals surface area contributed by atoms with Gasteiger partial charge in [-0.2, -0.15) is 0 Å². The van der Waals surface area contributed by atoms with E-state index in [4.69, 9.17) is 21.0 Å². The van der Waals surface area contributed by atoms with E-state index in [1.807, 2.05) is 4.90 Å². The number of hydrogen-bond donors (Lipinski definition) is 1. The van der Waals surface area contributed by atoms with Crippen LogP contribution >= 0.6 is 0 Å². The number of rotatable bonds is 5. The van der Waals surface area contributed by atoms with Gasteiger partial charge in [-0.15, -0.1) is 0 Å². The summed E-state index contributed by atoms with van der Waals surface area (Å²) < 4.78 is 41.1. The molecule has 0 aliphatic carbocycles.